The van der Waals surface area contributed by atoms with Gasteiger partial charge in [-0.25, -0.2) is 4.98 Å². The molecule has 6 nitrogen and oxygen atoms in total. The van der Waals surface area contributed by atoms with Crippen molar-refractivity contribution >= 4 is 11.6 Å². The first-order chi connectivity index (χ1) is 12.4. The van der Waals surface area contributed by atoms with E-state index in [1.807, 2.05) is 39.8 Å². The summed E-state index contributed by atoms with van der Waals surface area (Å²) in [5.41, 5.74) is 3.49. The summed E-state index contributed by atoms with van der Waals surface area (Å²) in [4.78, 5) is 8.71. The van der Waals surface area contributed by atoms with E-state index in [9.17, 15) is 0 Å². The van der Waals surface area contributed by atoms with Gasteiger partial charge in [0, 0.05) is 6.20 Å². The van der Waals surface area contributed by atoms with Gasteiger partial charge in [0.15, 0.2) is 0 Å². The van der Waals surface area contributed by atoms with Crippen molar-refractivity contribution in [3.05, 3.63) is 40.5 Å². The zero-order chi connectivity index (χ0) is 18.8. The van der Waals surface area contributed by atoms with Crippen LogP contribution in [0, 0.1) is 13.8 Å². The van der Waals surface area contributed by atoms with E-state index in [0.717, 1.165) is 22.4 Å². The van der Waals surface area contributed by atoms with Crippen molar-refractivity contribution < 1.29 is 14.0 Å². The molecule has 0 aliphatic heterocycles. The molecule has 7 heteroatoms. The van der Waals surface area contributed by atoms with Crippen molar-refractivity contribution in [1.82, 2.24) is 15.1 Å². The SMILES string of the molecule is COc1c(C)cc(C)cc1-c1noc(-c2cnc(OC(C)C)c(Cl)c2)n1. The third-order valence-corrected chi connectivity index (χ3v) is 3.96. The smallest absolute Gasteiger partial charge is 0.259 e. The average Bonchev–Trinajstić information content (AvgIpc) is 3.05. The molecule has 2 heterocycles. The Morgan fingerprint density at radius 1 is 1.15 bits per heavy atom. The number of aryl methyl sites for hydroxylation is 2. The van der Waals surface area contributed by atoms with Gasteiger partial charge in [0.25, 0.3) is 5.89 Å². The van der Waals surface area contributed by atoms with E-state index < -0.39 is 0 Å². The Kier molecular flexibility index (Phi) is 5.13. The van der Waals surface area contributed by atoms with Crippen LogP contribution < -0.4 is 9.47 Å². The predicted octanol–water partition coefficient (Wildman–Crippen LogP) is 4.86. The second-order valence-corrected chi connectivity index (χ2v) is 6.67. The van der Waals surface area contributed by atoms with Gasteiger partial charge in [0.2, 0.25) is 11.7 Å². The lowest BCUT2D eigenvalue weighted by Crippen LogP contribution is -2.07. The molecule has 0 saturated carbocycles. The first kappa shape index (κ1) is 18.2. The topological polar surface area (TPSA) is 70.3 Å². The Morgan fingerprint density at radius 3 is 2.58 bits per heavy atom. The molecule has 0 aliphatic rings. The van der Waals surface area contributed by atoms with E-state index >= 15 is 0 Å². The molecular weight excluding hydrogens is 354 g/mol. The van der Waals surface area contributed by atoms with Crippen LogP contribution in [-0.4, -0.2) is 28.3 Å². The van der Waals surface area contributed by atoms with Crippen molar-refractivity contribution in [2.75, 3.05) is 7.11 Å². The van der Waals surface area contributed by atoms with Crippen LogP contribution >= 0.6 is 11.6 Å². The van der Waals surface area contributed by atoms with E-state index in [-0.39, 0.29) is 6.10 Å². The highest BCUT2D eigenvalue weighted by atomic mass is 35.5. The molecular formula is C19H20ClN3O3. The molecule has 2 aromatic heterocycles. The Morgan fingerprint density at radius 2 is 1.92 bits per heavy atom. The summed E-state index contributed by atoms with van der Waals surface area (Å²) in [6.45, 7) is 7.81. The number of halogens is 1. The lowest BCUT2D eigenvalue weighted by molar-refractivity contribution is 0.233. The molecule has 1 aromatic carbocycles. The monoisotopic (exact) mass is 373 g/mol. The van der Waals surface area contributed by atoms with Crippen LogP contribution in [0.3, 0.4) is 0 Å². The van der Waals surface area contributed by atoms with Crippen molar-refractivity contribution in [3.8, 4) is 34.5 Å². The number of rotatable bonds is 5. The molecule has 0 radical (unpaired) electrons. The number of hydrogen-bond acceptors (Lipinski definition) is 6. The summed E-state index contributed by atoms with van der Waals surface area (Å²) >= 11 is 6.24. The van der Waals surface area contributed by atoms with Gasteiger partial charge in [-0.1, -0.05) is 22.8 Å². The van der Waals surface area contributed by atoms with Crippen LogP contribution in [0.2, 0.25) is 5.02 Å². The van der Waals surface area contributed by atoms with Gasteiger partial charge in [-0.15, -0.1) is 0 Å². The minimum absolute atomic E-state index is 0.0159. The molecule has 0 spiro atoms. The zero-order valence-corrected chi connectivity index (χ0v) is 16.1. The van der Waals surface area contributed by atoms with Gasteiger partial charge in [0.1, 0.15) is 10.8 Å². The second kappa shape index (κ2) is 7.33. The van der Waals surface area contributed by atoms with E-state index in [4.69, 9.17) is 25.6 Å². The summed E-state index contributed by atoms with van der Waals surface area (Å²) in [5, 5.41) is 4.47. The quantitative estimate of drug-likeness (QED) is 0.635. The number of pyridine rings is 1. The van der Waals surface area contributed by atoms with Crippen LogP contribution in [-0.2, 0) is 0 Å². The molecule has 0 unspecified atom stereocenters. The molecule has 0 amide bonds. The molecule has 0 saturated heterocycles. The fraction of sp³-hybridized carbons (Fsp3) is 0.316. The standard InChI is InChI=1S/C19H20ClN3O3/c1-10(2)25-19-15(20)8-13(9-21-19)18-22-17(23-26-18)14-7-11(3)6-12(4)16(14)24-5/h6-10H,1-5H3. The van der Waals surface area contributed by atoms with Crippen LogP contribution in [0.4, 0.5) is 0 Å². The summed E-state index contributed by atoms with van der Waals surface area (Å²) in [5.74, 6) is 1.87. The Bertz CT molecular complexity index is 938. The third kappa shape index (κ3) is 3.65. The predicted molar refractivity (Wildman–Crippen MR) is 99.8 cm³/mol. The molecule has 3 rings (SSSR count). The molecule has 0 bridgehead atoms. The van der Waals surface area contributed by atoms with Crippen LogP contribution in [0.5, 0.6) is 11.6 Å². The fourth-order valence-electron chi connectivity index (χ4n) is 2.69. The maximum atomic E-state index is 6.24. The molecule has 136 valence electrons. The summed E-state index contributed by atoms with van der Waals surface area (Å²) < 4.78 is 16.4. The summed E-state index contributed by atoms with van der Waals surface area (Å²) in [6.07, 6.45) is 1.58. The Hall–Kier alpha value is -2.60. The van der Waals surface area contributed by atoms with Gasteiger partial charge < -0.3 is 14.0 Å². The van der Waals surface area contributed by atoms with Crippen molar-refractivity contribution in [1.29, 1.82) is 0 Å². The van der Waals surface area contributed by atoms with Crippen LogP contribution in [0.25, 0.3) is 22.8 Å². The molecule has 3 aromatic rings. The van der Waals surface area contributed by atoms with E-state index in [1.165, 1.54) is 0 Å². The summed E-state index contributed by atoms with van der Waals surface area (Å²) in [6, 6.07) is 5.70. The number of aromatic nitrogens is 3. The molecule has 0 atom stereocenters. The van der Waals surface area contributed by atoms with E-state index in [0.29, 0.717) is 28.2 Å². The fourth-order valence-corrected chi connectivity index (χ4v) is 2.90. The highest BCUT2D eigenvalue weighted by Crippen LogP contribution is 2.34. The molecule has 0 N–H and O–H groups in total. The largest absolute Gasteiger partial charge is 0.496 e. The number of hydrogen-bond donors (Lipinski definition) is 0. The van der Waals surface area contributed by atoms with Gasteiger partial charge in [-0.2, -0.15) is 4.98 Å². The normalized spacial score (nSPS) is 11.0. The second-order valence-electron chi connectivity index (χ2n) is 6.26. The molecule has 26 heavy (non-hydrogen) atoms. The maximum Gasteiger partial charge on any atom is 0.259 e. The summed E-state index contributed by atoms with van der Waals surface area (Å²) in [7, 11) is 1.62. The Balaban J connectivity index is 1.98. The van der Waals surface area contributed by atoms with Gasteiger partial charge in [-0.05, 0) is 51.0 Å². The maximum absolute atomic E-state index is 6.24. The molecule has 0 fully saturated rings. The van der Waals surface area contributed by atoms with E-state index in [1.54, 1.807) is 19.4 Å². The van der Waals surface area contributed by atoms with Crippen LogP contribution in [0.1, 0.15) is 25.0 Å². The highest BCUT2D eigenvalue weighted by Gasteiger charge is 2.18. The zero-order valence-electron chi connectivity index (χ0n) is 15.3. The van der Waals surface area contributed by atoms with E-state index in [2.05, 4.69) is 15.1 Å². The van der Waals surface area contributed by atoms with Gasteiger partial charge in [0.05, 0.1) is 24.3 Å². The lowest BCUT2D eigenvalue weighted by Gasteiger charge is -2.10. The minimum atomic E-state index is -0.0159. The first-order valence-corrected chi connectivity index (χ1v) is 8.58. The third-order valence-electron chi connectivity index (χ3n) is 3.69. The lowest BCUT2D eigenvalue weighted by atomic mass is 10.1. The van der Waals surface area contributed by atoms with Crippen LogP contribution in [0.15, 0.2) is 28.9 Å². The van der Waals surface area contributed by atoms with Crippen molar-refractivity contribution in [2.45, 2.75) is 33.8 Å². The van der Waals surface area contributed by atoms with Crippen molar-refractivity contribution in [2.24, 2.45) is 0 Å². The number of ether oxygens (including phenoxy) is 2. The number of benzene rings is 1. The minimum Gasteiger partial charge on any atom is -0.496 e. The van der Waals surface area contributed by atoms with Gasteiger partial charge in [-0.3, -0.25) is 0 Å². The van der Waals surface area contributed by atoms with Crippen molar-refractivity contribution in [3.63, 3.8) is 0 Å². The highest BCUT2D eigenvalue weighted by molar-refractivity contribution is 6.32. The number of nitrogens with zero attached hydrogens (tertiary/aromatic N) is 3. The molecule has 0 aliphatic carbocycles. The Labute approximate surface area is 157 Å². The number of methoxy groups -OCH3 is 1. The average molecular weight is 374 g/mol. The van der Waals surface area contributed by atoms with Gasteiger partial charge >= 0.3 is 0 Å². The first-order valence-electron chi connectivity index (χ1n) is 8.21.